The first-order valence-corrected chi connectivity index (χ1v) is 7.29. The van der Waals surface area contributed by atoms with Crippen LogP contribution < -0.4 is 0 Å². The summed E-state index contributed by atoms with van der Waals surface area (Å²) in [7, 11) is 5.98. The Labute approximate surface area is 124 Å². The van der Waals surface area contributed by atoms with Gasteiger partial charge in [-0.1, -0.05) is 0 Å². The lowest BCUT2D eigenvalue weighted by Crippen LogP contribution is -2.43. The molecule has 0 aromatic carbocycles. The molecule has 2 aliphatic heterocycles. The van der Waals surface area contributed by atoms with Gasteiger partial charge in [-0.05, 0) is 18.1 Å². The van der Waals surface area contributed by atoms with Gasteiger partial charge in [0, 0.05) is 33.3 Å². The van der Waals surface area contributed by atoms with Crippen molar-refractivity contribution in [3.8, 4) is 0 Å². The molecule has 8 nitrogen and oxygen atoms in total. The van der Waals surface area contributed by atoms with Crippen molar-refractivity contribution in [3.05, 3.63) is 17.7 Å². The Morgan fingerprint density at radius 3 is 2.76 bits per heavy atom. The SMILES string of the molecule is CN1CN=C2C1=CN(CCCCc1nnn(C)n1)CN2C. The number of amidine groups is 1. The molecule has 8 heteroatoms. The van der Waals surface area contributed by atoms with Crippen molar-refractivity contribution in [2.45, 2.75) is 19.3 Å². The fourth-order valence-electron chi connectivity index (χ4n) is 2.68. The zero-order chi connectivity index (χ0) is 14.8. The maximum Gasteiger partial charge on any atom is 0.174 e. The van der Waals surface area contributed by atoms with E-state index in [2.05, 4.69) is 55.4 Å². The maximum atomic E-state index is 4.54. The maximum absolute atomic E-state index is 4.54. The molecule has 0 saturated carbocycles. The Bertz CT molecular complexity index is 560. The molecule has 114 valence electrons. The predicted molar refractivity (Wildman–Crippen MR) is 79.2 cm³/mol. The first kappa shape index (κ1) is 13.8. The molecule has 3 heterocycles. The highest BCUT2D eigenvalue weighted by Crippen LogP contribution is 2.20. The summed E-state index contributed by atoms with van der Waals surface area (Å²) >= 11 is 0. The normalized spacial score (nSPS) is 18.0. The Morgan fingerprint density at radius 2 is 2.00 bits per heavy atom. The smallest absolute Gasteiger partial charge is 0.174 e. The van der Waals surface area contributed by atoms with Gasteiger partial charge in [-0.15, -0.1) is 10.2 Å². The zero-order valence-electron chi connectivity index (χ0n) is 12.9. The molecule has 0 radical (unpaired) electrons. The summed E-state index contributed by atoms with van der Waals surface area (Å²) in [5.74, 6) is 1.94. The number of rotatable bonds is 5. The van der Waals surface area contributed by atoms with Crippen molar-refractivity contribution in [3.63, 3.8) is 0 Å². The summed E-state index contributed by atoms with van der Waals surface area (Å²) in [6.45, 7) is 2.70. The standard InChI is InChI=1S/C13H22N8/c1-18-9-14-13-11(18)8-21(10-19(13)2)7-5-4-6-12-15-17-20(3)16-12/h8H,4-7,9-10H2,1-3H3. The van der Waals surface area contributed by atoms with E-state index in [1.165, 1.54) is 10.5 Å². The van der Waals surface area contributed by atoms with Crippen molar-refractivity contribution >= 4 is 5.84 Å². The molecule has 21 heavy (non-hydrogen) atoms. The molecule has 1 aromatic heterocycles. The quantitative estimate of drug-likeness (QED) is 0.705. The predicted octanol–water partition coefficient (Wildman–Crippen LogP) is -0.119. The first-order valence-electron chi connectivity index (χ1n) is 7.29. The van der Waals surface area contributed by atoms with Crippen molar-refractivity contribution in [1.29, 1.82) is 0 Å². The molecule has 0 aliphatic carbocycles. The van der Waals surface area contributed by atoms with Crippen LogP contribution in [0.5, 0.6) is 0 Å². The van der Waals surface area contributed by atoms with Crippen molar-refractivity contribution in [2.24, 2.45) is 12.0 Å². The van der Waals surface area contributed by atoms with E-state index in [0.717, 1.165) is 50.8 Å². The molecule has 0 bridgehead atoms. The van der Waals surface area contributed by atoms with Gasteiger partial charge in [-0.25, -0.2) is 4.99 Å². The van der Waals surface area contributed by atoms with Crippen molar-refractivity contribution < 1.29 is 0 Å². The zero-order valence-corrected chi connectivity index (χ0v) is 12.9. The van der Waals surface area contributed by atoms with Gasteiger partial charge in [0.15, 0.2) is 11.7 Å². The number of hydrogen-bond donors (Lipinski definition) is 0. The number of unbranched alkanes of at least 4 members (excludes halogenated alkanes) is 1. The van der Waals surface area contributed by atoms with Gasteiger partial charge in [-0.2, -0.15) is 4.80 Å². The van der Waals surface area contributed by atoms with Crippen LogP contribution in [0, 0.1) is 0 Å². The van der Waals surface area contributed by atoms with E-state index < -0.39 is 0 Å². The number of likely N-dealkylation sites (N-methyl/N-ethyl adjacent to an activating group) is 2. The van der Waals surface area contributed by atoms with E-state index in [9.17, 15) is 0 Å². The first-order chi connectivity index (χ1) is 10.1. The minimum Gasteiger partial charge on any atom is -0.358 e. The third kappa shape index (κ3) is 2.98. The van der Waals surface area contributed by atoms with Crippen molar-refractivity contribution in [2.75, 3.05) is 34.0 Å². The molecule has 2 aliphatic rings. The number of hydrogen-bond acceptors (Lipinski definition) is 7. The summed E-state index contributed by atoms with van der Waals surface area (Å²) in [5, 5.41) is 12.1. The largest absolute Gasteiger partial charge is 0.358 e. The Hall–Kier alpha value is -2.12. The third-order valence-electron chi connectivity index (χ3n) is 3.78. The van der Waals surface area contributed by atoms with Gasteiger partial charge < -0.3 is 14.7 Å². The average Bonchev–Trinajstić information content (AvgIpc) is 3.02. The van der Waals surface area contributed by atoms with Gasteiger partial charge in [0.2, 0.25) is 0 Å². The number of tetrazole rings is 1. The fourth-order valence-corrected chi connectivity index (χ4v) is 2.68. The van der Waals surface area contributed by atoms with Crippen LogP contribution in [0.1, 0.15) is 18.7 Å². The van der Waals surface area contributed by atoms with E-state index in [1.54, 1.807) is 7.05 Å². The monoisotopic (exact) mass is 290 g/mol. The molecule has 0 amide bonds. The van der Waals surface area contributed by atoms with Gasteiger partial charge in [0.05, 0.1) is 19.4 Å². The van der Waals surface area contributed by atoms with Crippen LogP contribution in [0.25, 0.3) is 0 Å². The second-order valence-electron chi connectivity index (χ2n) is 5.64. The average molecular weight is 290 g/mol. The summed E-state index contributed by atoms with van der Waals surface area (Å²) < 4.78 is 0. The van der Waals surface area contributed by atoms with Crippen LogP contribution >= 0.6 is 0 Å². The van der Waals surface area contributed by atoms with Crippen LogP contribution in [0.4, 0.5) is 0 Å². The second-order valence-corrected chi connectivity index (χ2v) is 5.64. The minimum atomic E-state index is 0.762. The highest BCUT2D eigenvalue weighted by Gasteiger charge is 2.27. The molecule has 0 unspecified atom stereocenters. The topological polar surface area (TPSA) is 65.7 Å². The van der Waals surface area contributed by atoms with Gasteiger partial charge in [0.1, 0.15) is 6.67 Å². The number of nitrogens with zero attached hydrogens (tertiary/aromatic N) is 8. The minimum absolute atomic E-state index is 0.762. The lowest BCUT2D eigenvalue weighted by atomic mass is 10.2. The van der Waals surface area contributed by atoms with E-state index >= 15 is 0 Å². The van der Waals surface area contributed by atoms with Crippen LogP contribution in [0.3, 0.4) is 0 Å². The molecule has 0 N–H and O–H groups in total. The molecule has 0 saturated heterocycles. The lowest BCUT2D eigenvalue weighted by molar-refractivity contribution is 0.250. The molecule has 3 rings (SSSR count). The summed E-state index contributed by atoms with van der Waals surface area (Å²) in [5.41, 5.74) is 1.22. The fraction of sp³-hybridized carbons (Fsp3) is 0.692. The highest BCUT2D eigenvalue weighted by molar-refractivity contribution is 5.99. The van der Waals surface area contributed by atoms with E-state index in [-0.39, 0.29) is 0 Å². The highest BCUT2D eigenvalue weighted by atomic mass is 15.6. The molecule has 0 spiro atoms. The van der Waals surface area contributed by atoms with Crippen LogP contribution in [-0.2, 0) is 13.5 Å². The lowest BCUT2D eigenvalue weighted by Gasteiger charge is -2.34. The van der Waals surface area contributed by atoms with E-state index in [4.69, 9.17) is 0 Å². The number of aliphatic imine (C=N–C) groups is 1. The van der Waals surface area contributed by atoms with Gasteiger partial charge >= 0.3 is 0 Å². The van der Waals surface area contributed by atoms with Crippen molar-refractivity contribution in [1.82, 2.24) is 34.9 Å². The van der Waals surface area contributed by atoms with Crippen LogP contribution in [-0.4, -0.2) is 74.7 Å². The molecular weight excluding hydrogens is 268 g/mol. The second kappa shape index (κ2) is 5.71. The van der Waals surface area contributed by atoms with E-state index in [0.29, 0.717) is 0 Å². The van der Waals surface area contributed by atoms with Crippen LogP contribution in [0.2, 0.25) is 0 Å². The summed E-state index contributed by atoms with van der Waals surface area (Å²) in [4.78, 5) is 12.8. The van der Waals surface area contributed by atoms with Gasteiger partial charge in [-0.3, -0.25) is 0 Å². The Balaban J connectivity index is 1.48. The Kier molecular flexibility index (Phi) is 3.76. The molecular formula is C13H22N8. The van der Waals surface area contributed by atoms with Crippen LogP contribution in [0.15, 0.2) is 16.9 Å². The van der Waals surface area contributed by atoms with Gasteiger partial charge in [0.25, 0.3) is 0 Å². The molecule has 1 aromatic rings. The third-order valence-corrected chi connectivity index (χ3v) is 3.78. The number of aryl methyl sites for hydroxylation is 2. The Morgan fingerprint density at radius 1 is 1.14 bits per heavy atom. The summed E-state index contributed by atoms with van der Waals surface area (Å²) in [6.07, 6.45) is 5.31. The molecule has 0 atom stereocenters. The number of aromatic nitrogens is 4. The van der Waals surface area contributed by atoms with E-state index in [1.807, 2.05) is 0 Å². The summed E-state index contributed by atoms with van der Waals surface area (Å²) in [6, 6.07) is 0. The number of fused-ring (bicyclic) bond motifs is 1. The molecule has 0 fully saturated rings.